The van der Waals surface area contributed by atoms with Crippen molar-refractivity contribution in [3.8, 4) is 11.4 Å². The lowest BCUT2D eigenvalue weighted by atomic mass is 10.2. The first-order chi connectivity index (χ1) is 12.1. The van der Waals surface area contributed by atoms with Crippen LogP contribution in [0.15, 0.2) is 41.8 Å². The molecule has 0 radical (unpaired) electrons. The van der Waals surface area contributed by atoms with Crippen LogP contribution in [0.2, 0.25) is 0 Å². The van der Waals surface area contributed by atoms with Gasteiger partial charge in [-0.15, -0.1) is 11.3 Å². The summed E-state index contributed by atoms with van der Waals surface area (Å²) in [5, 5.41) is 22.4. The van der Waals surface area contributed by atoms with Gasteiger partial charge in [0.05, 0.1) is 11.3 Å². The van der Waals surface area contributed by atoms with Crippen molar-refractivity contribution in [2.24, 2.45) is 0 Å². The number of benzene rings is 1. The van der Waals surface area contributed by atoms with Crippen LogP contribution < -0.4 is 5.32 Å². The molecule has 128 valence electrons. The molecule has 2 heterocycles. The van der Waals surface area contributed by atoms with Gasteiger partial charge in [-0.05, 0) is 17.9 Å². The fraction of sp³-hybridized carbons (Fsp3) is 0.188. The summed E-state index contributed by atoms with van der Waals surface area (Å²) in [6.45, 7) is 0.561. The molecule has 9 heteroatoms. The average Bonchev–Trinajstić information content (AvgIpc) is 3.27. The second-order valence-electron chi connectivity index (χ2n) is 5.27. The molecular weight excluding hydrogens is 342 g/mol. The topological polar surface area (TPSA) is 114 Å². The highest BCUT2D eigenvalue weighted by Crippen LogP contribution is 2.20. The molecule has 0 bridgehead atoms. The summed E-state index contributed by atoms with van der Waals surface area (Å²) in [5.74, 6) is 0.582. The highest BCUT2D eigenvalue weighted by Gasteiger charge is 2.12. The molecule has 3 rings (SSSR count). The second-order valence-corrected chi connectivity index (χ2v) is 6.30. The Morgan fingerprint density at radius 3 is 2.96 bits per heavy atom. The van der Waals surface area contributed by atoms with Gasteiger partial charge in [-0.2, -0.15) is 5.10 Å². The number of nitrogens with zero attached hydrogens (tertiary/aromatic N) is 3. The number of carbonyl (C=O) groups is 1. The lowest BCUT2D eigenvalue weighted by Gasteiger charge is -2.02. The van der Waals surface area contributed by atoms with Gasteiger partial charge < -0.3 is 5.32 Å². The van der Waals surface area contributed by atoms with E-state index in [1.54, 1.807) is 23.5 Å². The molecular formula is C16H15N5O3S. The number of aromatic nitrogens is 3. The molecule has 0 saturated carbocycles. The number of hydrogen-bond donors (Lipinski definition) is 2. The normalized spacial score (nSPS) is 10.6. The molecule has 0 aliphatic heterocycles. The Balaban J connectivity index is 1.57. The van der Waals surface area contributed by atoms with Gasteiger partial charge in [-0.25, -0.2) is 4.98 Å². The number of H-pyrrole nitrogens is 1. The maximum Gasteiger partial charge on any atom is 0.270 e. The van der Waals surface area contributed by atoms with Crippen LogP contribution in [0.25, 0.3) is 11.4 Å². The highest BCUT2D eigenvalue weighted by atomic mass is 32.1. The summed E-state index contributed by atoms with van der Waals surface area (Å²) < 4.78 is 0. The molecule has 0 atom stereocenters. The number of thiophene rings is 1. The van der Waals surface area contributed by atoms with E-state index in [4.69, 9.17) is 0 Å². The van der Waals surface area contributed by atoms with E-state index in [0.29, 0.717) is 23.8 Å². The number of non-ortho nitro benzene ring substituents is 1. The van der Waals surface area contributed by atoms with Gasteiger partial charge >= 0.3 is 0 Å². The van der Waals surface area contributed by atoms with Crippen molar-refractivity contribution in [1.82, 2.24) is 20.5 Å². The summed E-state index contributed by atoms with van der Waals surface area (Å²) in [7, 11) is 0. The van der Waals surface area contributed by atoms with E-state index in [1.807, 2.05) is 17.5 Å². The second kappa shape index (κ2) is 7.67. The molecule has 8 nitrogen and oxygen atoms in total. The fourth-order valence-electron chi connectivity index (χ4n) is 2.26. The van der Waals surface area contributed by atoms with Gasteiger partial charge in [-0.3, -0.25) is 20.0 Å². The molecule has 2 aromatic heterocycles. The third kappa shape index (κ3) is 4.48. The van der Waals surface area contributed by atoms with Crippen molar-refractivity contribution in [2.75, 3.05) is 6.54 Å². The van der Waals surface area contributed by atoms with Crippen LogP contribution in [0.1, 0.15) is 10.7 Å². The number of carbonyl (C=O) groups excluding carboxylic acids is 1. The minimum Gasteiger partial charge on any atom is -0.355 e. The molecule has 0 aliphatic rings. The van der Waals surface area contributed by atoms with E-state index in [9.17, 15) is 14.9 Å². The van der Waals surface area contributed by atoms with E-state index in [2.05, 4.69) is 20.5 Å². The molecule has 25 heavy (non-hydrogen) atoms. The summed E-state index contributed by atoms with van der Waals surface area (Å²) in [6.07, 6.45) is 0.866. The molecule has 0 unspecified atom stereocenters. The Bertz CT molecular complexity index is 876. The molecule has 3 aromatic rings. The number of nitro benzene ring substituents is 1. The zero-order chi connectivity index (χ0) is 17.6. The SMILES string of the molecule is O=C(Cc1nc(-c2cccc([N+](=O)[O-])c2)n[nH]1)NCCc1cccs1. The van der Waals surface area contributed by atoms with Crippen molar-refractivity contribution < 1.29 is 9.72 Å². The largest absolute Gasteiger partial charge is 0.355 e. The first-order valence-electron chi connectivity index (χ1n) is 7.57. The lowest BCUT2D eigenvalue weighted by molar-refractivity contribution is -0.384. The number of nitro groups is 1. The summed E-state index contributed by atoms with van der Waals surface area (Å²) in [5.41, 5.74) is 0.491. The Labute approximate surface area is 147 Å². The number of amides is 1. The highest BCUT2D eigenvalue weighted by molar-refractivity contribution is 7.09. The van der Waals surface area contributed by atoms with Crippen molar-refractivity contribution >= 4 is 22.9 Å². The average molecular weight is 357 g/mol. The first kappa shape index (κ1) is 16.8. The summed E-state index contributed by atoms with van der Waals surface area (Å²) in [4.78, 5) is 27.7. The van der Waals surface area contributed by atoms with Crippen LogP contribution in [0, 0.1) is 10.1 Å². The van der Waals surface area contributed by atoms with Gasteiger partial charge in [0.25, 0.3) is 5.69 Å². The molecule has 1 amide bonds. The maximum absolute atomic E-state index is 11.9. The van der Waals surface area contributed by atoms with Crippen molar-refractivity contribution in [1.29, 1.82) is 0 Å². The summed E-state index contributed by atoms with van der Waals surface area (Å²) >= 11 is 1.65. The molecule has 0 saturated heterocycles. The minimum atomic E-state index is -0.474. The van der Waals surface area contributed by atoms with Crippen LogP contribution in [0.3, 0.4) is 0 Å². The predicted molar refractivity (Wildman–Crippen MR) is 93.2 cm³/mol. The molecule has 2 N–H and O–H groups in total. The zero-order valence-electron chi connectivity index (χ0n) is 13.1. The lowest BCUT2D eigenvalue weighted by Crippen LogP contribution is -2.27. The van der Waals surface area contributed by atoms with E-state index in [0.717, 1.165) is 6.42 Å². The number of hydrogen-bond acceptors (Lipinski definition) is 6. The molecule has 0 spiro atoms. The third-order valence-electron chi connectivity index (χ3n) is 3.45. The Morgan fingerprint density at radius 1 is 1.32 bits per heavy atom. The van der Waals surface area contributed by atoms with E-state index >= 15 is 0 Å². The van der Waals surface area contributed by atoms with Crippen LogP contribution in [-0.4, -0.2) is 32.6 Å². The van der Waals surface area contributed by atoms with E-state index in [-0.39, 0.29) is 18.0 Å². The standard InChI is InChI=1S/C16H15N5O3S/c22-15(17-7-6-13-5-2-8-25-13)10-14-18-16(20-19-14)11-3-1-4-12(9-11)21(23)24/h1-5,8-9H,6-7,10H2,(H,17,22)(H,18,19,20). The van der Waals surface area contributed by atoms with Crippen molar-refractivity contribution in [3.63, 3.8) is 0 Å². The Kier molecular flexibility index (Phi) is 5.14. The third-order valence-corrected chi connectivity index (χ3v) is 4.38. The van der Waals surface area contributed by atoms with Crippen LogP contribution in [0.4, 0.5) is 5.69 Å². The molecule has 0 fully saturated rings. The Morgan fingerprint density at radius 2 is 2.20 bits per heavy atom. The van der Waals surface area contributed by atoms with E-state index < -0.39 is 4.92 Å². The molecule has 1 aromatic carbocycles. The van der Waals surface area contributed by atoms with Crippen LogP contribution in [0.5, 0.6) is 0 Å². The zero-order valence-corrected chi connectivity index (χ0v) is 14.0. The van der Waals surface area contributed by atoms with Gasteiger partial charge in [0, 0.05) is 29.1 Å². The van der Waals surface area contributed by atoms with Gasteiger partial charge in [0.15, 0.2) is 5.82 Å². The number of nitrogens with one attached hydrogen (secondary N) is 2. The van der Waals surface area contributed by atoms with Crippen LogP contribution in [-0.2, 0) is 17.6 Å². The minimum absolute atomic E-state index is 0.0322. The summed E-state index contributed by atoms with van der Waals surface area (Å²) in [6, 6.07) is 10.1. The fourth-order valence-corrected chi connectivity index (χ4v) is 2.97. The predicted octanol–water partition coefficient (Wildman–Crippen LogP) is 2.34. The monoisotopic (exact) mass is 357 g/mol. The first-order valence-corrected chi connectivity index (χ1v) is 8.45. The van der Waals surface area contributed by atoms with E-state index in [1.165, 1.54) is 17.0 Å². The number of aromatic amines is 1. The smallest absolute Gasteiger partial charge is 0.270 e. The Hall–Kier alpha value is -3.07. The van der Waals surface area contributed by atoms with Gasteiger partial charge in [-0.1, -0.05) is 18.2 Å². The van der Waals surface area contributed by atoms with Crippen molar-refractivity contribution in [2.45, 2.75) is 12.8 Å². The quantitative estimate of drug-likeness (QED) is 0.498. The van der Waals surface area contributed by atoms with Gasteiger partial charge in [0.1, 0.15) is 5.82 Å². The van der Waals surface area contributed by atoms with Crippen LogP contribution >= 0.6 is 11.3 Å². The van der Waals surface area contributed by atoms with Crippen molar-refractivity contribution in [3.05, 3.63) is 62.6 Å². The molecule has 0 aliphatic carbocycles. The number of rotatable bonds is 7. The van der Waals surface area contributed by atoms with Gasteiger partial charge in [0.2, 0.25) is 5.91 Å². The maximum atomic E-state index is 11.9.